The van der Waals surface area contributed by atoms with Crippen LogP contribution in [0, 0.1) is 28.0 Å². The van der Waals surface area contributed by atoms with E-state index in [0.29, 0.717) is 5.69 Å². The van der Waals surface area contributed by atoms with E-state index < -0.39 is 28.9 Å². The highest BCUT2D eigenvalue weighted by Crippen LogP contribution is 2.34. The molecule has 1 aliphatic rings. The minimum absolute atomic E-state index is 0.0362. The molecule has 1 fully saturated rings. The summed E-state index contributed by atoms with van der Waals surface area (Å²) in [7, 11) is 0. The van der Waals surface area contributed by atoms with Crippen molar-refractivity contribution in [2.45, 2.75) is 26.1 Å². The van der Waals surface area contributed by atoms with E-state index in [1.807, 2.05) is 6.07 Å². The fourth-order valence-corrected chi connectivity index (χ4v) is 3.28. The van der Waals surface area contributed by atoms with Gasteiger partial charge in [-0.15, -0.1) is 0 Å². The highest BCUT2D eigenvalue weighted by Gasteiger charge is 2.32. The van der Waals surface area contributed by atoms with Crippen molar-refractivity contribution < 1.29 is 23.5 Å². The molecule has 0 heterocycles. The van der Waals surface area contributed by atoms with E-state index in [4.69, 9.17) is 16.4 Å². The maximum atomic E-state index is 14.5. The Hall–Kier alpha value is -1.49. The lowest BCUT2D eigenvalue weighted by atomic mass is 10.1. The van der Waals surface area contributed by atoms with Crippen LogP contribution in [-0.2, 0) is 4.84 Å². The van der Waals surface area contributed by atoms with Gasteiger partial charge in [-0.2, -0.15) is 0 Å². The monoisotopic (exact) mass is 508 g/mol. The second kappa shape index (κ2) is 8.26. The van der Waals surface area contributed by atoms with Crippen LogP contribution in [0.1, 0.15) is 28.8 Å². The van der Waals surface area contributed by atoms with Gasteiger partial charge in [-0.3, -0.25) is 4.79 Å². The molecule has 0 bridgehead atoms. The third-order valence-electron chi connectivity index (χ3n) is 4.15. The van der Waals surface area contributed by atoms with Gasteiger partial charge >= 0.3 is 0 Å². The zero-order valence-corrected chi connectivity index (χ0v) is 17.1. The molecule has 0 aliphatic heterocycles. The van der Waals surface area contributed by atoms with E-state index in [0.717, 1.165) is 28.0 Å². The topological polar surface area (TPSA) is 70.6 Å². The van der Waals surface area contributed by atoms with Crippen LogP contribution in [0.4, 0.5) is 20.2 Å². The number of hydroxylamine groups is 1. The molecule has 3 N–H and O–H groups in total. The van der Waals surface area contributed by atoms with Gasteiger partial charge in [-0.25, -0.2) is 19.1 Å². The Labute approximate surface area is 173 Å². The lowest BCUT2D eigenvalue weighted by Crippen LogP contribution is -2.31. The summed E-state index contributed by atoms with van der Waals surface area (Å²) in [6, 6.07) is 6.33. The number of amides is 1. The molecule has 0 saturated heterocycles. The Kier molecular flexibility index (Phi) is 6.19. The minimum atomic E-state index is -1.28. The summed E-state index contributed by atoms with van der Waals surface area (Å²) in [5.74, 6) is -3.45. The van der Waals surface area contributed by atoms with Crippen molar-refractivity contribution in [3.05, 3.63) is 55.6 Å². The predicted molar refractivity (Wildman–Crippen MR) is 106 cm³/mol. The number of hydrogen-bond donors (Lipinski definition) is 3. The molecule has 0 spiro atoms. The number of halogens is 4. The smallest absolute Gasteiger partial charge is 0.277 e. The average Bonchev–Trinajstić information content (AvgIpc) is 3.46. The van der Waals surface area contributed by atoms with E-state index >= 15 is 0 Å². The van der Waals surface area contributed by atoms with Crippen LogP contribution in [0.15, 0.2) is 24.3 Å². The van der Waals surface area contributed by atoms with Gasteiger partial charge < -0.3 is 10.4 Å². The minimum Gasteiger partial charge on any atom is -0.366 e. The molecule has 1 atom stereocenters. The van der Waals surface area contributed by atoms with Crippen LogP contribution in [0.25, 0.3) is 0 Å². The van der Waals surface area contributed by atoms with Crippen LogP contribution in [0.2, 0.25) is 5.02 Å². The van der Waals surface area contributed by atoms with Crippen molar-refractivity contribution in [1.29, 1.82) is 0 Å². The second-order valence-electron chi connectivity index (χ2n) is 6.27. The average molecular weight is 509 g/mol. The number of hydrogen-bond acceptors (Lipinski definition) is 4. The van der Waals surface area contributed by atoms with E-state index in [-0.39, 0.29) is 17.2 Å². The second-order valence-corrected chi connectivity index (χ2v) is 7.92. The van der Waals surface area contributed by atoms with Crippen LogP contribution in [0.3, 0.4) is 0 Å². The summed E-state index contributed by atoms with van der Waals surface area (Å²) in [5, 5.41) is 11.9. The Morgan fingerprint density at radius 3 is 2.67 bits per heavy atom. The van der Waals surface area contributed by atoms with Crippen molar-refractivity contribution in [2.75, 3.05) is 5.32 Å². The number of rotatable bonds is 6. The summed E-state index contributed by atoms with van der Waals surface area (Å²) in [6.45, 7) is 1.80. The van der Waals surface area contributed by atoms with E-state index in [9.17, 15) is 18.7 Å². The molecule has 27 heavy (non-hydrogen) atoms. The molecule has 2 aromatic rings. The van der Waals surface area contributed by atoms with Crippen LogP contribution >= 0.6 is 34.2 Å². The van der Waals surface area contributed by atoms with Crippen molar-refractivity contribution in [3.63, 3.8) is 0 Å². The van der Waals surface area contributed by atoms with Crippen LogP contribution < -0.4 is 10.8 Å². The Balaban J connectivity index is 1.91. The number of benzene rings is 2. The maximum Gasteiger partial charge on any atom is 0.277 e. The third-order valence-corrected chi connectivity index (χ3v) is 5.10. The summed E-state index contributed by atoms with van der Waals surface area (Å²) in [5.41, 5.74) is 2.73. The van der Waals surface area contributed by atoms with E-state index in [1.165, 1.54) is 0 Å². The molecule has 144 valence electrons. The Bertz CT molecular complexity index is 893. The molecule has 1 saturated carbocycles. The van der Waals surface area contributed by atoms with Crippen molar-refractivity contribution >= 4 is 51.5 Å². The molecule has 1 amide bonds. The van der Waals surface area contributed by atoms with Crippen molar-refractivity contribution in [1.82, 2.24) is 5.48 Å². The number of aliphatic hydroxyl groups is 1. The van der Waals surface area contributed by atoms with Gasteiger partial charge in [0.15, 0.2) is 17.9 Å². The lowest BCUT2D eigenvalue weighted by molar-refractivity contribution is -0.145. The van der Waals surface area contributed by atoms with Gasteiger partial charge in [0.2, 0.25) is 0 Å². The standard InChI is InChI=1S/C18H16ClF2IN2O3/c1-8-6-10(22)4-5-13(8)23-16-11(7-12(19)14(20)15(16)21)17(25)24-27-18(26)9-2-3-9/h4-7,9,18,23,26H,2-3H2,1H3,(H,24,25). The molecule has 3 rings (SSSR count). The normalized spacial score (nSPS) is 14.7. The molecular weight excluding hydrogens is 493 g/mol. The molecule has 0 aromatic heterocycles. The highest BCUT2D eigenvalue weighted by molar-refractivity contribution is 14.1. The van der Waals surface area contributed by atoms with Gasteiger partial charge in [0, 0.05) is 15.2 Å². The number of carbonyl (C=O) groups excluding carboxylic acids is 1. The third kappa shape index (κ3) is 4.68. The zero-order valence-electron chi connectivity index (χ0n) is 14.2. The quantitative estimate of drug-likeness (QED) is 0.230. The zero-order chi connectivity index (χ0) is 19.7. The summed E-state index contributed by atoms with van der Waals surface area (Å²) < 4.78 is 29.5. The molecule has 2 aromatic carbocycles. The summed E-state index contributed by atoms with van der Waals surface area (Å²) in [4.78, 5) is 17.3. The fraction of sp³-hybridized carbons (Fsp3) is 0.278. The number of aryl methyl sites for hydroxylation is 1. The Morgan fingerprint density at radius 1 is 1.33 bits per heavy atom. The van der Waals surface area contributed by atoms with Crippen molar-refractivity contribution in [2.24, 2.45) is 5.92 Å². The van der Waals surface area contributed by atoms with Gasteiger partial charge in [-0.1, -0.05) is 11.6 Å². The first kappa shape index (κ1) is 20.2. The largest absolute Gasteiger partial charge is 0.366 e. The van der Waals surface area contributed by atoms with Gasteiger partial charge in [0.1, 0.15) is 0 Å². The Morgan fingerprint density at radius 2 is 2.04 bits per heavy atom. The molecule has 9 heteroatoms. The van der Waals surface area contributed by atoms with Gasteiger partial charge in [0.25, 0.3) is 5.91 Å². The van der Waals surface area contributed by atoms with Crippen molar-refractivity contribution in [3.8, 4) is 0 Å². The summed E-state index contributed by atoms with van der Waals surface area (Å²) >= 11 is 7.83. The molecular formula is C18H16ClF2IN2O3. The number of carbonyl (C=O) groups is 1. The molecule has 5 nitrogen and oxygen atoms in total. The first-order chi connectivity index (χ1) is 12.8. The SMILES string of the molecule is Cc1cc(I)ccc1Nc1c(C(=O)NOC(O)C2CC2)cc(Cl)c(F)c1F. The van der Waals surface area contributed by atoms with E-state index in [2.05, 4.69) is 33.4 Å². The van der Waals surface area contributed by atoms with E-state index in [1.54, 1.807) is 19.1 Å². The first-order valence-corrected chi connectivity index (χ1v) is 9.58. The molecule has 0 radical (unpaired) electrons. The maximum absolute atomic E-state index is 14.5. The molecule has 1 aliphatic carbocycles. The summed E-state index contributed by atoms with van der Waals surface area (Å²) in [6.07, 6.45) is 0.449. The lowest BCUT2D eigenvalue weighted by Gasteiger charge is -2.17. The van der Waals surface area contributed by atoms with Crippen LogP contribution in [-0.4, -0.2) is 17.3 Å². The van der Waals surface area contributed by atoms with Gasteiger partial charge in [0.05, 0.1) is 16.3 Å². The first-order valence-electron chi connectivity index (χ1n) is 8.12. The highest BCUT2D eigenvalue weighted by atomic mass is 127. The number of aliphatic hydroxyl groups excluding tert-OH is 1. The number of anilines is 2. The predicted octanol–water partition coefficient (Wildman–Crippen LogP) is 4.66. The molecule has 1 unspecified atom stereocenters. The number of nitrogens with one attached hydrogen (secondary N) is 2. The van der Waals surface area contributed by atoms with Crippen LogP contribution in [0.5, 0.6) is 0 Å². The van der Waals surface area contributed by atoms with Gasteiger partial charge in [-0.05, 0) is 72.2 Å². The fourth-order valence-electron chi connectivity index (χ4n) is 2.44.